The summed E-state index contributed by atoms with van der Waals surface area (Å²) in [6, 6.07) is 4.18. The topological polar surface area (TPSA) is 39.4 Å². The van der Waals surface area contributed by atoms with Crippen LogP contribution in [0.2, 0.25) is 0 Å². The molecule has 0 unspecified atom stereocenters. The SMILES string of the molecule is C=C(C)n1cc(-c2ccc(OC(F)(F)F)cc2C)cnc1=NC.CC. The van der Waals surface area contributed by atoms with Crippen molar-refractivity contribution in [1.29, 1.82) is 0 Å². The molecule has 2 aromatic rings. The van der Waals surface area contributed by atoms with E-state index in [1.54, 1.807) is 37.0 Å². The van der Waals surface area contributed by atoms with Crippen LogP contribution < -0.4 is 10.4 Å². The maximum absolute atomic E-state index is 12.3. The van der Waals surface area contributed by atoms with Crippen molar-refractivity contribution in [3.05, 3.63) is 48.4 Å². The minimum absolute atomic E-state index is 0.250. The molecular weight excluding hydrogens is 331 g/mol. The lowest BCUT2D eigenvalue weighted by atomic mass is 10.0. The molecule has 0 saturated carbocycles. The second kappa shape index (κ2) is 8.50. The van der Waals surface area contributed by atoms with E-state index in [-0.39, 0.29) is 5.75 Å². The van der Waals surface area contributed by atoms with Gasteiger partial charge in [0.25, 0.3) is 0 Å². The standard InChI is InChI=1S/C16H16F3N3O.C2H6/c1-10(2)22-9-12(8-21-15(22)20-4)14-6-5-13(7-11(14)3)23-16(17,18)19;1-2/h5-9H,1H2,2-4H3;1-2H3. The number of hydrogen-bond acceptors (Lipinski definition) is 3. The molecule has 0 radical (unpaired) electrons. The van der Waals surface area contributed by atoms with Crippen LogP contribution in [0.1, 0.15) is 26.3 Å². The molecule has 0 aliphatic rings. The van der Waals surface area contributed by atoms with Crippen LogP contribution in [-0.2, 0) is 0 Å². The minimum atomic E-state index is -4.71. The molecular formula is C18H22F3N3O. The van der Waals surface area contributed by atoms with Crippen LogP contribution in [0.15, 0.2) is 42.2 Å². The summed E-state index contributed by atoms with van der Waals surface area (Å²) in [6.45, 7) is 11.4. The molecule has 25 heavy (non-hydrogen) atoms. The normalized spacial score (nSPS) is 11.6. The Hall–Kier alpha value is -2.57. The molecule has 4 nitrogen and oxygen atoms in total. The highest BCUT2D eigenvalue weighted by atomic mass is 19.4. The Balaban J connectivity index is 0.00000151. The third-order valence-corrected chi connectivity index (χ3v) is 3.16. The summed E-state index contributed by atoms with van der Waals surface area (Å²) < 4.78 is 42.4. The Bertz CT molecular complexity index is 808. The van der Waals surface area contributed by atoms with Crippen LogP contribution in [0.25, 0.3) is 16.8 Å². The molecule has 0 aliphatic heterocycles. The average Bonchev–Trinajstić information content (AvgIpc) is 2.54. The molecule has 136 valence electrons. The molecule has 7 heteroatoms. The Morgan fingerprint density at radius 3 is 2.40 bits per heavy atom. The molecule has 1 aromatic heterocycles. The van der Waals surface area contributed by atoms with Crippen molar-refractivity contribution in [2.45, 2.75) is 34.1 Å². The predicted octanol–water partition coefficient (Wildman–Crippen LogP) is 4.80. The summed E-state index contributed by atoms with van der Waals surface area (Å²) in [4.78, 5) is 8.29. The van der Waals surface area contributed by atoms with Crippen molar-refractivity contribution in [3.63, 3.8) is 0 Å². The van der Waals surface area contributed by atoms with Gasteiger partial charge in [-0.3, -0.25) is 9.56 Å². The highest BCUT2D eigenvalue weighted by Gasteiger charge is 2.31. The summed E-state index contributed by atoms with van der Waals surface area (Å²) in [5.74, 6) is -0.250. The van der Waals surface area contributed by atoms with E-state index in [0.29, 0.717) is 11.2 Å². The summed E-state index contributed by atoms with van der Waals surface area (Å²) in [6.07, 6.45) is -1.29. The van der Waals surface area contributed by atoms with Crippen LogP contribution in [0.3, 0.4) is 0 Å². The molecule has 0 spiro atoms. The zero-order chi connectivity index (χ0) is 19.2. The van der Waals surface area contributed by atoms with Gasteiger partial charge in [-0.25, -0.2) is 4.98 Å². The van der Waals surface area contributed by atoms with Gasteiger partial charge in [0.05, 0.1) is 0 Å². The highest BCUT2D eigenvalue weighted by Crippen LogP contribution is 2.29. The van der Waals surface area contributed by atoms with Crippen LogP contribution in [-0.4, -0.2) is 23.0 Å². The van der Waals surface area contributed by atoms with Gasteiger partial charge in [-0.1, -0.05) is 26.5 Å². The molecule has 1 aromatic carbocycles. The molecule has 0 aliphatic carbocycles. The fourth-order valence-electron chi connectivity index (χ4n) is 2.16. The maximum atomic E-state index is 12.3. The number of benzene rings is 1. The molecule has 0 bridgehead atoms. The first kappa shape index (κ1) is 20.5. The monoisotopic (exact) mass is 353 g/mol. The van der Waals surface area contributed by atoms with Gasteiger partial charge in [0.2, 0.25) is 5.62 Å². The second-order valence-corrected chi connectivity index (χ2v) is 5.00. The van der Waals surface area contributed by atoms with Crippen LogP contribution in [0.4, 0.5) is 13.2 Å². The molecule has 0 fully saturated rings. The van der Waals surface area contributed by atoms with Crippen molar-refractivity contribution in [1.82, 2.24) is 9.55 Å². The third-order valence-electron chi connectivity index (χ3n) is 3.16. The quantitative estimate of drug-likeness (QED) is 0.795. The van der Waals surface area contributed by atoms with Gasteiger partial charge < -0.3 is 4.74 Å². The number of hydrogen-bond donors (Lipinski definition) is 0. The highest BCUT2D eigenvalue weighted by molar-refractivity contribution is 5.67. The summed E-state index contributed by atoms with van der Waals surface area (Å²) in [5, 5.41) is 0. The molecule has 0 amide bonds. The van der Waals surface area contributed by atoms with Gasteiger partial charge in [0.1, 0.15) is 5.75 Å². The zero-order valence-corrected chi connectivity index (χ0v) is 15.0. The van der Waals surface area contributed by atoms with Gasteiger partial charge in [-0.05, 0) is 37.1 Å². The number of rotatable bonds is 3. The first-order valence-electron chi connectivity index (χ1n) is 7.75. The lowest BCUT2D eigenvalue weighted by molar-refractivity contribution is -0.274. The van der Waals surface area contributed by atoms with E-state index in [2.05, 4.69) is 21.3 Å². The first-order chi connectivity index (χ1) is 11.7. The maximum Gasteiger partial charge on any atom is 0.573 e. The van der Waals surface area contributed by atoms with Crippen molar-refractivity contribution >= 4 is 5.70 Å². The zero-order valence-electron chi connectivity index (χ0n) is 15.0. The minimum Gasteiger partial charge on any atom is -0.406 e. The molecule has 1 heterocycles. The largest absolute Gasteiger partial charge is 0.573 e. The van der Waals surface area contributed by atoms with Crippen molar-refractivity contribution in [3.8, 4) is 16.9 Å². The summed E-state index contributed by atoms with van der Waals surface area (Å²) in [7, 11) is 1.62. The lowest BCUT2D eigenvalue weighted by Gasteiger charge is -2.13. The Kier molecular flexibility index (Phi) is 6.97. The fourth-order valence-corrected chi connectivity index (χ4v) is 2.16. The van der Waals surface area contributed by atoms with Gasteiger partial charge in [0.15, 0.2) is 0 Å². The average molecular weight is 353 g/mol. The first-order valence-corrected chi connectivity index (χ1v) is 7.75. The van der Waals surface area contributed by atoms with Gasteiger partial charge >= 0.3 is 6.36 Å². The van der Waals surface area contributed by atoms with E-state index in [1.807, 2.05) is 20.8 Å². The number of aromatic nitrogens is 2. The van der Waals surface area contributed by atoms with Crippen LogP contribution >= 0.6 is 0 Å². The number of alkyl halides is 3. The number of aryl methyl sites for hydroxylation is 1. The van der Waals surface area contributed by atoms with E-state index in [0.717, 1.165) is 16.8 Å². The van der Waals surface area contributed by atoms with Crippen molar-refractivity contribution in [2.75, 3.05) is 7.05 Å². The van der Waals surface area contributed by atoms with Gasteiger partial charge in [-0.2, -0.15) is 0 Å². The third kappa shape index (κ3) is 5.48. The van der Waals surface area contributed by atoms with E-state index in [9.17, 15) is 13.2 Å². The Labute approximate surface area is 145 Å². The lowest BCUT2D eigenvalue weighted by Crippen LogP contribution is -2.22. The number of nitrogens with zero attached hydrogens (tertiary/aromatic N) is 3. The Morgan fingerprint density at radius 2 is 1.92 bits per heavy atom. The Morgan fingerprint density at radius 1 is 1.28 bits per heavy atom. The van der Waals surface area contributed by atoms with E-state index in [1.165, 1.54) is 12.1 Å². The summed E-state index contributed by atoms with van der Waals surface area (Å²) >= 11 is 0. The number of ether oxygens (including phenoxy) is 1. The predicted molar refractivity (Wildman–Crippen MR) is 92.9 cm³/mol. The van der Waals surface area contributed by atoms with Gasteiger partial charge in [-0.15, -0.1) is 13.2 Å². The van der Waals surface area contributed by atoms with Gasteiger partial charge in [0, 0.05) is 30.7 Å². The van der Waals surface area contributed by atoms with E-state index >= 15 is 0 Å². The van der Waals surface area contributed by atoms with Crippen molar-refractivity contribution < 1.29 is 17.9 Å². The second-order valence-electron chi connectivity index (χ2n) is 5.00. The number of allylic oxidation sites excluding steroid dienone is 1. The van der Waals surface area contributed by atoms with Crippen molar-refractivity contribution in [2.24, 2.45) is 4.99 Å². The van der Waals surface area contributed by atoms with Crippen LogP contribution in [0, 0.1) is 6.92 Å². The number of halogens is 3. The van der Waals surface area contributed by atoms with E-state index < -0.39 is 6.36 Å². The summed E-state index contributed by atoms with van der Waals surface area (Å²) in [5.41, 5.74) is 3.37. The molecule has 0 N–H and O–H groups in total. The molecule has 0 atom stereocenters. The molecule has 2 rings (SSSR count). The fraction of sp³-hybridized carbons (Fsp3) is 0.333. The smallest absolute Gasteiger partial charge is 0.406 e. The molecule has 0 saturated heterocycles. The van der Waals surface area contributed by atoms with E-state index in [4.69, 9.17) is 0 Å². The van der Waals surface area contributed by atoms with Crippen LogP contribution in [0.5, 0.6) is 5.75 Å².